The fourth-order valence-electron chi connectivity index (χ4n) is 5.19. The molecule has 4 aromatic rings. The molecular weight excluding hydrogens is 490 g/mol. The molecule has 1 N–H and O–H groups in total. The highest BCUT2D eigenvalue weighted by molar-refractivity contribution is 6.31. The second kappa shape index (κ2) is 10.8. The Morgan fingerprint density at radius 2 is 1.97 bits per heavy atom. The minimum Gasteiger partial charge on any atom is -0.481 e. The van der Waals surface area contributed by atoms with Crippen molar-refractivity contribution in [3.8, 4) is 34.0 Å². The van der Waals surface area contributed by atoms with E-state index in [1.54, 1.807) is 19.4 Å². The number of rotatable bonds is 8. The van der Waals surface area contributed by atoms with Crippen molar-refractivity contribution in [3.05, 3.63) is 76.6 Å². The van der Waals surface area contributed by atoms with Crippen LogP contribution >= 0.6 is 11.6 Å². The van der Waals surface area contributed by atoms with Gasteiger partial charge in [-0.1, -0.05) is 53.5 Å². The highest BCUT2D eigenvalue weighted by Crippen LogP contribution is 2.36. The molecule has 5 rings (SSSR count). The van der Waals surface area contributed by atoms with E-state index in [0.29, 0.717) is 47.4 Å². The summed E-state index contributed by atoms with van der Waals surface area (Å²) in [6.45, 7) is 2.54. The van der Waals surface area contributed by atoms with Crippen LogP contribution in [0, 0.1) is 18.8 Å². The quantitative estimate of drug-likeness (QED) is 0.280. The van der Waals surface area contributed by atoms with E-state index in [-0.39, 0.29) is 11.8 Å². The van der Waals surface area contributed by atoms with E-state index in [1.807, 2.05) is 24.3 Å². The molecule has 0 aliphatic heterocycles. The number of hydrogen-bond acceptors (Lipinski definition) is 6. The maximum absolute atomic E-state index is 11.5. The molecule has 2 aromatic heterocycles. The number of pyridine rings is 1. The fourth-order valence-corrected chi connectivity index (χ4v) is 5.43. The van der Waals surface area contributed by atoms with Crippen molar-refractivity contribution < 1.29 is 19.2 Å². The van der Waals surface area contributed by atoms with Crippen molar-refractivity contribution in [2.24, 2.45) is 11.8 Å². The van der Waals surface area contributed by atoms with Gasteiger partial charge >= 0.3 is 5.97 Å². The van der Waals surface area contributed by atoms with Crippen molar-refractivity contribution >= 4 is 17.6 Å². The molecule has 2 atom stereocenters. The molecule has 1 fully saturated rings. The molecule has 0 bridgehead atoms. The van der Waals surface area contributed by atoms with Gasteiger partial charge in [-0.05, 0) is 72.6 Å². The molecule has 2 aromatic carbocycles. The molecule has 0 amide bonds. The minimum absolute atomic E-state index is 0.0501. The predicted molar refractivity (Wildman–Crippen MR) is 141 cm³/mol. The van der Waals surface area contributed by atoms with Crippen LogP contribution in [0.3, 0.4) is 0 Å². The number of aryl methyl sites for hydroxylation is 1. The van der Waals surface area contributed by atoms with Crippen molar-refractivity contribution in [3.63, 3.8) is 0 Å². The van der Waals surface area contributed by atoms with Gasteiger partial charge in [0.15, 0.2) is 0 Å². The highest BCUT2D eigenvalue weighted by Gasteiger charge is 2.33. The lowest BCUT2D eigenvalue weighted by molar-refractivity contribution is -0.142. The van der Waals surface area contributed by atoms with Gasteiger partial charge in [-0.15, -0.1) is 0 Å². The molecule has 8 heteroatoms. The lowest BCUT2D eigenvalue weighted by Gasteiger charge is -2.15. The van der Waals surface area contributed by atoms with Gasteiger partial charge in [0.25, 0.3) is 5.89 Å². The van der Waals surface area contributed by atoms with Crippen LogP contribution in [0.1, 0.15) is 36.1 Å². The highest BCUT2D eigenvalue weighted by atomic mass is 35.5. The number of benzene rings is 2. The molecule has 190 valence electrons. The number of carbonyl (C=O) groups is 1. The lowest BCUT2D eigenvalue weighted by atomic mass is 9.91. The number of aromatic nitrogens is 3. The summed E-state index contributed by atoms with van der Waals surface area (Å²) in [4.78, 5) is 20.6. The van der Waals surface area contributed by atoms with E-state index in [1.165, 1.54) is 5.56 Å². The second-order valence-electron chi connectivity index (χ2n) is 9.54. The van der Waals surface area contributed by atoms with Crippen molar-refractivity contribution in [1.29, 1.82) is 0 Å². The first-order chi connectivity index (χ1) is 17.9. The van der Waals surface area contributed by atoms with Crippen LogP contribution in [0.25, 0.3) is 34.0 Å². The van der Waals surface area contributed by atoms with Crippen LogP contribution in [-0.2, 0) is 22.6 Å². The standard InChI is InChI=1S/C29H28ClN3O4/c1-17-6-3-4-8-22(17)23-11-10-19(12-21(23)16-36-2)28-32-27(33-37-28)20-13-25(30)26(31-15-20)14-18-7-5-9-24(18)29(34)35/h3-4,6,8,10-13,15,18,24H,5,7,9,14,16H2,1-2H3,(H,34,35)/t18-,24-/m0/s1. The van der Waals surface area contributed by atoms with E-state index in [2.05, 4.69) is 40.2 Å². The Kier molecular flexibility index (Phi) is 7.35. The Hall–Kier alpha value is -3.55. The molecule has 1 aliphatic carbocycles. The summed E-state index contributed by atoms with van der Waals surface area (Å²) in [5.41, 5.74) is 6.59. The van der Waals surface area contributed by atoms with Crippen molar-refractivity contribution in [2.45, 2.75) is 39.2 Å². The van der Waals surface area contributed by atoms with Crippen LogP contribution in [0.4, 0.5) is 0 Å². The van der Waals surface area contributed by atoms with E-state index < -0.39 is 5.97 Å². The second-order valence-corrected chi connectivity index (χ2v) is 9.94. The minimum atomic E-state index is -0.741. The van der Waals surface area contributed by atoms with Crippen LogP contribution in [-0.4, -0.2) is 33.3 Å². The number of ether oxygens (including phenoxy) is 1. The predicted octanol–water partition coefficient (Wildman–Crippen LogP) is 6.62. The summed E-state index contributed by atoms with van der Waals surface area (Å²) in [6, 6.07) is 16.0. The third-order valence-corrected chi connectivity index (χ3v) is 7.45. The average Bonchev–Trinajstić information content (AvgIpc) is 3.56. The first-order valence-electron chi connectivity index (χ1n) is 12.3. The van der Waals surface area contributed by atoms with Crippen LogP contribution in [0.2, 0.25) is 5.02 Å². The van der Waals surface area contributed by atoms with Crippen LogP contribution in [0.5, 0.6) is 0 Å². The Labute approximate surface area is 220 Å². The van der Waals surface area contributed by atoms with Gasteiger partial charge in [0, 0.05) is 24.4 Å². The zero-order chi connectivity index (χ0) is 25.9. The first-order valence-corrected chi connectivity index (χ1v) is 12.7. The maximum atomic E-state index is 11.5. The molecule has 0 radical (unpaired) electrons. The van der Waals surface area contributed by atoms with Gasteiger partial charge in [0.2, 0.25) is 5.82 Å². The van der Waals surface area contributed by atoms with Gasteiger partial charge in [-0.25, -0.2) is 0 Å². The Balaban J connectivity index is 1.39. The Morgan fingerprint density at radius 1 is 1.14 bits per heavy atom. The fraction of sp³-hybridized carbons (Fsp3) is 0.310. The molecule has 7 nitrogen and oxygen atoms in total. The Bertz CT molecular complexity index is 1430. The largest absolute Gasteiger partial charge is 0.481 e. The van der Waals surface area contributed by atoms with Gasteiger partial charge < -0.3 is 14.4 Å². The molecule has 0 spiro atoms. The number of halogens is 1. The number of hydrogen-bond donors (Lipinski definition) is 1. The number of aliphatic carboxylic acids is 1. The topological polar surface area (TPSA) is 98.3 Å². The summed E-state index contributed by atoms with van der Waals surface area (Å²) < 4.78 is 11.1. The maximum Gasteiger partial charge on any atom is 0.306 e. The lowest BCUT2D eigenvalue weighted by Crippen LogP contribution is -2.20. The molecule has 1 aliphatic rings. The molecule has 0 saturated heterocycles. The van der Waals surface area contributed by atoms with E-state index >= 15 is 0 Å². The van der Waals surface area contributed by atoms with Crippen molar-refractivity contribution in [2.75, 3.05) is 7.11 Å². The van der Waals surface area contributed by atoms with E-state index in [4.69, 9.17) is 20.9 Å². The molecule has 1 saturated carbocycles. The summed E-state index contributed by atoms with van der Waals surface area (Å²) in [5.74, 6) is -0.252. The molecule has 37 heavy (non-hydrogen) atoms. The SMILES string of the molecule is COCc1cc(-c2nc(-c3cnc(C[C@@H]4CCC[C@@H]4C(=O)O)c(Cl)c3)no2)ccc1-c1ccccc1C. The van der Waals surface area contributed by atoms with Gasteiger partial charge in [-0.2, -0.15) is 4.98 Å². The molecule has 2 heterocycles. The van der Waals surface area contributed by atoms with Gasteiger partial charge in [-0.3, -0.25) is 9.78 Å². The van der Waals surface area contributed by atoms with Crippen LogP contribution < -0.4 is 0 Å². The third-order valence-electron chi connectivity index (χ3n) is 7.12. The smallest absolute Gasteiger partial charge is 0.306 e. The molecule has 0 unspecified atom stereocenters. The summed E-state index contributed by atoms with van der Waals surface area (Å²) in [7, 11) is 1.67. The Morgan fingerprint density at radius 3 is 2.73 bits per heavy atom. The zero-order valence-electron chi connectivity index (χ0n) is 20.8. The summed E-state index contributed by atoms with van der Waals surface area (Å²) in [5, 5.41) is 14.1. The van der Waals surface area contributed by atoms with E-state index in [9.17, 15) is 9.90 Å². The van der Waals surface area contributed by atoms with Crippen LogP contribution in [0.15, 0.2) is 59.3 Å². The molecular formula is C29H28ClN3O4. The summed E-state index contributed by atoms with van der Waals surface area (Å²) in [6.07, 6.45) is 4.71. The van der Waals surface area contributed by atoms with Gasteiger partial charge in [0.05, 0.1) is 23.2 Å². The van der Waals surface area contributed by atoms with E-state index in [0.717, 1.165) is 35.1 Å². The monoisotopic (exact) mass is 517 g/mol. The normalized spacial score (nSPS) is 17.3. The van der Waals surface area contributed by atoms with Crippen molar-refractivity contribution in [1.82, 2.24) is 15.1 Å². The van der Waals surface area contributed by atoms with Gasteiger partial charge in [0.1, 0.15) is 0 Å². The third kappa shape index (κ3) is 5.29. The number of methoxy groups -OCH3 is 1. The zero-order valence-corrected chi connectivity index (χ0v) is 21.5. The average molecular weight is 518 g/mol. The number of nitrogens with zero attached hydrogens (tertiary/aromatic N) is 3. The number of carboxylic acid groups (broad SMARTS) is 1. The summed E-state index contributed by atoms with van der Waals surface area (Å²) >= 11 is 6.54. The number of carboxylic acids is 1. The first kappa shape index (κ1) is 25.1.